The molecule has 2 aromatic rings. The van der Waals surface area contributed by atoms with Crippen molar-refractivity contribution < 1.29 is 13.2 Å². The van der Waals surface area contributed by atoms with Crippen molar-refractivity contribution in [2.45, 2.75) is 37.6 Å². The molecule has 0 unspecified atom stereocenters. The van der Waals surface area contributed by atoms with E-state index in [0.717, 1.165) is 23.4 Å². The molecular weight excluding hydrogens is 350 g/mol. The maximum Gasteiger partial charge on any atom is 0.247 e. The van der Waals surface area contributed by atoms with Crippen LogP contribution in [-0.4, -0.2) is 45.2 Å². The van der Waals surface area contributed by atoms with Gasteiger partial charge in [-0.2, -0.15) is 9.40 Å². The minimum Gasteiger partial charge on any atom is -0.300 e. The van der Waals surface area contributed by atoms with E-state index in [1.54, 1.807) is 22.8 Å². The molecule has 1 aliphatic carbocycles. The van der Waals surface area contributed by atoms with Crippen LogP contribution in [0.15, 0.2) is 18.5 Å². The SMILES string of the molecule is O=C(Cn1cccn1)Nc1nc2c(s1)CN(S(=O)(=O)C1CC1)CC2. The van der Waals surface area contributed by atoms with Crippen molar-refractivity contribution >= 4 is 32.4 Å². The molecule has 1 saturated carbocycles. The molecule has 0 saturated heterocycles. The Morgan fingerprint density at radius 3 is 2.96 bits per heavy atom. The molecule has 2 aromatic heterocycles. The number of anilines is 1. The monoisotopic (exact) mass is 367 g/mol. The van der Waals surface area contributed by atoms with Crippen molar-refractivity contribution in [3.05, 3.63) is 29.0 Å². The second kappa shape index (κ2) is 5.94. The number of nitrogens with one attached hydrogen (secondary N) is 1. The third kappa shape index (κ3) is 3.08. The fourth-order valence-electron chi connectivity index (χ4n) is 2.72. The summed E-state index contributed by atoms with van der Waals surface area (Å²) >= 11 is 1.35. The van der Waals surface area contributed by atoms with Crippen molar-refractivity contribution in [2.24, 2.45) is 0 Å². The summed E-state index contributed by atoms with van der Waals surface area (Å²) in [5.41, 5.74) is 0.886. The van der Waals surface area contributed by atoms with Gasteiger partial charge in [-0.3, -0.25) is 9.48 Å². The summed E-state index contributed by atoms with van der Waals surface area (Å²) in [5, 5.41) is 7.08. The van der Waals surface area contributed by atoms with Crippen LogP contribution in [0.4, 0.5) is 5.13 Å². The summed E-state index contributed by atoms with van der Waals surface area (Å²) in [4.78, 5) is 17.4. The zero-order chi connectivity index (χ0) is 16.7. The number of sulfonamides is 1. The largest absolute Gasteiger partial charge is 0.300 e. The van der Waals surface area contributed by atoms with Crippen LogP contribution < -0.4 is 5.32 Å². The number of carbonyl (C=O) groups is 1. The topological polar surface area (TPSA) is 97.2 Å². The highest BCUT2D eigenvalue weighted by atomic mass is 32.2. The second-order valence-electron chi connectivity index (χ2n) is 5.97. The van der Waals surface area contributed by atoms with Gasteiger partial charge in [0.05, 0.1) is 10.9 Å². The molecule has 8 nitrogen and oxygen atoms in total. The number of hydrogen-bond donors (Lipinski definition) is 1. The summed E-state index contributed by atoms with van der Waals surface area (Å²) < 4.78 is 27.8. The lowest BCUT2D eigenvalue weighted by Gasteiger charge is -2.25. The van der Waals surface area contributed by atoms with E-state index in [-0.39, 0.29) is 17.7 Å². The lowest BCUT2D eigenvalue weighted by molar-refractivity contribution is -0.116. The van der Waals surface area contributed by atoms with Crippen molar-refractivity contribution in [3.8, 4) is 0 Å². The Bertz CT molecular complexity index is 855. The van der Waals surface area contributed by atoms with E-state index in [1.807, 2.05) is 0 Å². The van der Waals surface area contributed by atoms with Crippen molar-refractivity contribution in [1.82, 2.24) is 19.1 Å². The highest BCUT2D eigenvalue weighted by Crippen LogP contribution is 2.35. The second-order valence-corrected chi connectivity index (χ2v) is 9.27. The first-order valence-corrected chi connectivity index (χ1v) is 10.1. The van der Waals surface area contributed by atoms with E-state index < -0.39 is 10.0 Å². The summed E-state index contributed by atoms with van der Waals surface area (Å²) in [6.07, 6.45) is 5.45. The Balaban J connectivity index is 1.43. The highest BCUT2D eigenvalue weighted by molar-refractivity contribution is 7.90. The number of amides is 1. The van der Waals surface area contributed by atoms with Gasteiger partial charge in [0.25, 0.3) is 0 Å². The van der Waals surface area contributed by atoms with Gasteiger partial charge in [0.1, 0.15) is 6.54 Å². The molecule has 1 amide bonds. The molecule has 0 spiro atoms. The Kier molecular flexibility index (Phi) is 3.89. The van der Waals surface area contributed by atoms with Crippen LogP contribution in [0.1, 0.15) is 23.4 Å². The van der Waals surface area contributed by atoms with E-state index in [2.05, 4.69) is 15.4 Å². The first kappa shape index (κ1) is 15.7. The Labute approximate surface area is 143 Å². The van der Waals surface area contributed by atoms with Gasteiger partial charge >= 0.3 is 0 Å². The van der Waals surface area contributed by atoms with E-state index in [0.29, 0.717) is 24.6 Å². The lowest BCUT2D eigenvalue weighted by Crippen LogP contribution is -2.37. The molecule has 2 aliphatic rings. The van der Waals surface area contributed by atoms with Gasteiger partial charge in [-0.15, -0.1) is 11.3 Å². The van der Waals surface area contributed by atoms with Crippen LogP contribution in [0.25, 0.3) is 0 Å². The summed E-state index contributed by atoms with van der Waals surface area (Å²) in [6, 6.07) is 1.75. The van der Waals surface area contributed by atoms with E-state index in [9.17, 15) is 13.2 Å². The summed E-state index contributed by atoms with van der Waals surface area (Å²) in [7, 11) is -3.17. The predicted octanol–water partition coefficient (Wildman–Crippen LogP) is 0.829. The molecule has 1 aliphatic heterocycles. The zero-order valence-electron chi connectivity index (χ0n) is 12.9. The predicted molar refractivity (Wildman–Crippen MR) is 89.0 cm³/mol. The van der Waals surface area contributed by atoms with Gasteiger partial charge in [-0.25, -0.2) is 13.4 Å². The van der Waals surface area contributed by atoms with Gasteiger partial charge in [0.15, 0.2) is 5.13 Å². The molecule has 0 aromatic carbocycles. The first-order chi connectivity index (χ1) is 11.5. The lowest BCUT2D eigenvalue weighted by atomic mass is 10.2. The number of aromatic nitrogens is 3. The van der Waals surface area contributed by atoms with E-state index in [1.165, 1.54) is 16.0 Å². The quantitative estimate of drug-likeness (QED) is 0.844. The minimum absolute atomic E-state index is 0.124. The summed E-state index contributed by atoms with van der Waals surface area (Å²) in [5.74, 6) is -0.202. The van der Waals surface area contributed by atoms with Crippen LogP contribution in [0.2, 0.25) is 0 Å². The molecule has 1 fully saturated rings. The van der Waals surface area contributed by atoms with Crippen LogP contribution in [0.5, 0.6) is 0 Å². The smallest absolute Gasteiger partial charge is 0.247 e. The molecule has 3 heterocycles. The maximum absolute atomic E-state index is 12.4. The Hall–Kier alpha value is -1.78. The highest BCUT2D eigenvalue weighted by Gasteiger charge is 2.41. The van der Waals surface area contributed by atoms with Crippen molar-refractivity contribution in [1.29, 1.82) is 0 Å². The minimum atomic E-state index is -3.17. The fraction of sp³-hybridized carbons (Fsp3) is 0.500. The average Bonchev–Trinajstić information content (AvgIpc) is 3.15. The molecule has 128 valence electrons. The molecular formula is C14H17N5O3S2. The van der Waals surface area contributed by atoms with Crippen LogP contribution in [0.3, 0.4) is 0 Å². The molecule has 0 bridgehead atoms. The molecule has 1 N–H and O–H groups in total. The van der Waals surface area contributed by atoms with Crippen LogP contribution in [-0.2, 0) is 34.3 Å². The Morgan fingerprint density at radius 2 is 2.25 bits per heavy atom. The number of fused-ring (bicyclic) bond motifs is 1. The number of hydrogen-bond acceptors (Lipinski definition) is 6. The van der Waals surface area contributed by atoms with E-state index in [4.69, 9.17) is 0 Å². The number of nitrogens with zero attached hydrogens (tertiary/aromatic N) is 4. The van der Waals surface area contributed by atoms with Gasteiger partial charge < -0.3 is 5.32 Å². The molecule has 10 heteroatoms. The standard InChI is InChI=1S/C14H17N5O3S2/c20-13(9-18-6-1-5-15-18)17-14-16-11-4-7-19(8-12(11)23-14)24(21,22)10-2-3-10/h1,5-6,10H,2-4,7-9H2,(H,16,17,20). The van der Waals surface area contributed by atoms with Gasteiger partial charge in [-0.1, -0.05) is 0 Å². The normalized spacial score (nSPS) is 18.3. The molecule has 0 atom stereocenters. The van der Waals surface area contributed by atoms with E-state index >= 15 is 0 Å². The Morgan fingerprint density at radius 1 is 1.42 bits per heavy atom. The third-order valence-electron chi connectivity index (χ3n) is 4.11. The maximum atomic E-state index is 12.4. The van der Waals surface area contributed by atoms with Crippen molar-refractivity contribution in [3.63, 3.8) is 0 Å². The fourth-order valence-corrected chi connectivity index (χ4v) is 5.65. The van der Waals surface area contributed by atoms with Crippen molar-refractivity contribution in [2.75, 3.05) is 11.9 Å². The molecule has 24 heavy (non-hydrogen) atoms. The molecule has 4 rings (SSSR count). The van der Waals surface area contributed by atoms with Crippen LogP contribution in [0, 0.1) is 0 Å². The number of carbonyl (C=O) groups excluding carboxylic acids is 1. The average molecular weight is 367 g/mol. The first-order valence-electron chi connectivity index (χ1n) is 7.77. The van der Waals surface area contributed by atoms with Crippen LogP contribution >= 0.6 is 11.3 Å². The van der Waals surface area contributed by atoms with Gasteiger partial charge in [-0.05, 0) is 18.9 Å². The van der Waals surface area contributed by atoms with Gasteiger partial charge in [0.2, 0.25) is 15.9 Å². The third-order valence-corrected chi connectivity index (χ3v) is 7.46. The zero-order valence-corrected chi connectivity index (χ0v) is 14.5. The summed E-state index contributed by atoms with van der Waals surface area (Å²) in [6.45, 7) is 0.955. The number of thiazole rings is 1. The number of rotatable bonds is 5. The van der Waals surface area contributed by atoms with Gasteiger partial charge in [0, 0.05) is 36.8 Å². The molecule has 0 radical (unpaired) electrons.